The van der Waals surface area contributed by atoms with Gasteiger partial charge in [0.05, 0.1) is 0 Å². The van der Waals surface area contributed by atoms with Crippen LogP contribution in [0.1, 0.15) is 13.3 Å². The van der Waals surface area contributed by atoms with Crippen LogP contribution in [0, 0.1) is 5.92 Å². The summed E-state index contributed by atoms with van der Waals surface area (Å²) in [5, 5.41) is 19.3. The fourth-order valence-corrected chi connectivity index (χ4v) is 0.799. The standard InChI is InChI=1S/C7H13NO4/c1-5(3-9)2-6(7(11)12)8-4-10/h4-6,9H,2-3H2,1H3,(H,8,10)(H,11,12). The maximum Gasteiger partial charge on any atom is 0.326 e. The Kier molecular flexibility index (Phi) is 5.03. The molecule has 12 heavy (non-hydrogen) atoms. The van der Waals surface area contributed by atoms with E-state index in [-0.39, 0.29) is 18.9 Å². The lowest BCUT2D eigenvalue weighted by Gasteiger charge is -2.14. The van der Waals surface area contributed by atoms with Crippen molar-refractivity contribution < 1.29 is 19.8 Å². The molecule has 0 bridgehead atoms. The Morgan fingerprint density at radius 3 is 2.58 bits per heavy atom. The predicted octanol–water partition coefficient (Wildman–Crippen LogP) is -0.796. The molecule has 0 aliphatic carbocycles. The molecule has 2 unspecified atom stereocenters. The minimum absolute atomic E-state index is 0.0791. The number of carboxylic acid groups (broad SMARTS) is 1. The minimum atomic E-state index is -1.08. The first-order chi connectivity index (χ1) is 5.61. The summed E-state index contributed by atoms with van der Waals surface area (Å²) in [6.45, 7) is 1.63. The number of rotatable bonds is 6. The second-order valence-corrected chi connectivity index (χ2v) is 2.70. The number of aliphatic hydroxyl groups is 1. The minimum Gasteiger partial charge on any atom is -0.480 e. The smallest absolute Gasteiger partial charge is 0.326 e. The Bertz CT molecular complexity index is 159. The van der Waals surface area contributed by atoms with Crippen molar-refractivity contribution in [3.63, 3.8) is 0 Å². The molecule has 0 fully saturated rings. The predicted molar refractivity (Wildman–Crippen MR) is 41.5 cm³/mol. The van der Waals surface area contributed by atoms with Crippen LogP contribution in [0.2, 0.25) is 0 Å². The number of carbonyl (C=O) groups excluding carboxylic acids is 1. The fraction of sp³-hybridized carbons (Fsp3) is 0.714. The molecule has 0 rings (SSSR count). The highest BCUT2D eigenvalue weighted by Crippen LogP contribution is 2.04. The van der Waals surface area contributed by atoms with Gasteiger partial charge in [0.1, 0.15) is 6.04 Å². The zero-order chi connectivity index (χ0) is 9.56. The molecule has 0 aromatic rings. The second-order valence-electron chi connectivity index (χ2n) is 2.70. The quantitative estimate of drug-likeness (QED) is 0.461. The number of hydrogen-bond acceptors (Lipinski definition) is 3. The van der Waals surface area contributed by atoms with Crippen LogP contribution in [-0.2, 0) is 9.59 Å². The van der Waals surface area contributed by atoms with Crippen molar-refractivity contribution in [3.8, 4) is 0 Å². The molecule has 0 aliphatic rings. The highest BCUT2D eigenvalue weighted by atomic mass is 16.4. The van der Waals surface area contributed by atoms with E-state index in [0.717, 1.165) is 0 Å². The van der Waals surface area contributed by atoms with E-state index in [1.165, 1.54) is 0 Å². The first kappa shape index (κ1) is 10.9. The van der Waals surface area contributed by atoms with E-state index in [0.29, 0.717) is 6.41 Å². The molecule has 0 aromatic heterocycles. The molecule has 0 radical (unpaired) electrons. The van der Waals surface area contributed by atoms with Crippen LogP contribution in [0.15, 0.2) is 0 Å². The molecule has 70 valence electrons. The van der Waals surface area contributed by atoms with Crippen molar-refractivity contribution in [2.45, 2.75) is 19.4 Å². The summed E-state index contributed by atoms with van der Waals surface area (Å²) in [4.78, 5) is 20.4. The number of amides is 1. The number of nitrogens with one attached hydrogen (secondary N) is 1. The Hall–Kier alpha value is -1.10. The van der Waals surface area contributed by atoms with Crippen LogP contribution in [-0.4, -0.2) is 35.2 Å². The largest absolute Gasteiger partial charge is 0.480 e. The Morgan fingerprint density at radius 1 is 1.67 bits per heavy atom. The third kappa shape index (κ3) is 3.92. The zero-order valence-electron chi connectivity index (χ0n) is 6.86. The van der Waals surface area contributed by atoms with Gasteiger partial charge in [-0.25, -0.2) is 4.79 Å². The molecule has 0 aromatic carbocycles. The molecule has 5 heteroatoms. The van der Waals surface area contributed by atoms with Crippen molar-refractivity contribution in [2.24, 2.45) is 5.92 Å². The van der Waals surface area contributed by atoms with Crippen molar-refractivity contribution in [1.82, 2.24) is 5.32 Å². The molecule has 0 aliphatic heterocycles. The number of aliphatic carboxylic acids is 1. The number of carboxylic acids is 1. The number of carbonyl (C=O) groups is 2. The van der Waals surface area contributed by atoms with Gasteiger partial charge in [-0.3, -0.25) is 4.79 Å². The molecule has 0 saturated heterocycles. The van der Waals surface area contributed by atoms with Crippen molar-refractivity contribution >= 4 is 12.4 Å². The van der Waals surface area contributed by atoms with Gasteiger partial charge in [-0.2, -0.15) is 0 Å². The summed E-state index contributed by atoms with van der Waals surface area (Å²) in [7, 11) is 0. The van der Waals surface area contributed by atoms with E-state index in [9.17, 15) is 9.59 Å². The average Bonchev–Trinajstić information content (AvgIpc) is 2.03. The molecule has 0 spiro atoms. The van der Waals surface area contributed by atoms with Gasteiger partial charge in [-0.15, -0.1) is 0 Å². The van der Waals surface area contributed by atoms with E-state index < -0.39 is 12.0 Å². The first-order valence-electron chi connectivity index (χ1n) is 3.65. The maximum absolute atomic E-state index is 10.4. The van der Waals surface area contributed by atoms with Gasteiger partial charge in [0.2, 0.25) is 6.41 Å². The van der Waals surface area contributed by atoms with Gasteiger partial charge >= 0.3 is 5.97 Å². The van der Waals surface area contributed by atoms with Crippen LogP contribution < -0.4 is 5.32 Å². The zero-order valence-corrected chi connectivity index (χ0v) is 6.86. The summed E-state index contributed by atoms with van der Waals surface area (Å²) in [5.41, 5.74) is 0. The molecule has 3 N–H and O–H groups in total. The normalized spacial score (nSPS) is 14.8. The van der Waals surface area contributed by atoms with Crippen LogP contribution in [0.4, 0.5) is 0 Å². The number of hydrogen-bond donors (Lipinski definition) is 3. The topological polar surface area (TPSA) is 86.6 Å². The Balaban J connectivity index is 3.94. The summed E-state index contributed by atoms with van der Waals surface area (Å²) in [6.07, 6.45) is 0.591. The van der Waals surface area contributed by atoms with E-state index in [4.69, 9.17) is 10.2 Å². The SMILES string of the molecule is CC(CO)CC(NC=O)C(=O)O. The van der Waals surface area contributed by atoms with Gasteiger partial charge in [-0.1, -0.05) is 6.92 Å². The van der Waals surface area contributed by atoms with Gasteiger partial charge in [-0.05, 0) is 12.3 Å². The molecule has 1 amide bonds. The molecular formula is C7H13NO4. The molecular weight excluding hydrogens is 162 g/mol. The Morgan fingerprint density at radius 2 is 2.25 bits per heavy atom. The van der Waals surface area contributed by atoms with Crippen LogP contribution in [0.5, 0.6) is 0 Å². The van der Waals surface area contributed by atoms with Gasteiger partial charge in [0, 0.05) is 6.61 Å². The third-order valence-electron chi connectivity index (χ3n) is 1.52. The Labute approximate surface area is 70.4 Å². The summed E-state index contributed by atoms with van der Waals surface area (Å²) >= 11 is 0. The lowest BCUT2D eigenvalue weighted by molar-refractivity contribution is -0.141. The van der Waals surface area contributed by atoms with Gasteiger partial charge in [0.25, 0.3) is 0 Å². The summed E-state index contributed by atoms with van der Waals surface area (Å²) in [5.74, 6) is -1.21. The van der Waals surface area contributed by atoms with E-state index in [1.807, 2.05) is 0 Å². The highest BCUT2D eigenvalue weighted by molar-refractivity contribution is 5.76. The van der Waals surface area contributed by atoms with Gasteiger partial charge in [0.15, 0.2) is 0 Å². The van der Waals surface area contributed by atoms with Gasteiger partial charge < -0.3 is 15.5 Å². The van der Waals surface area contributed by atoms with Crippen LogP contribution in [0.3, 0.4) is 0 Å². The fourth-order valence-electron chi connectivity index (χ4n) is 0.799. The van der Waals surface area contributed by atoms with E-state index in [1.54, 1.807) is 6.92 Å². The first-order valence-corrected chi connectivity index (χ1v) is 3.65. The van der Waals surface area contributed by atoms with E-state index >= 15 is 0 Å². The van der Waals surface area contributed by atoms with Crippen LogP contribution >= 0.6 is 0 Å². The molecule has 2 atom stereocenters. The summed E-state index contributed by atoms with van der Waals surface area (Å²) in [6, 6.07) is -0.898. The maximum atomic E-state index is 10.4. The lowest BCUT2D eigenvalue weighted by Crippen LogP contribution is -2.37. The van der Waals surface area contributed by atoms with Crippen LogP contribution in [0.25, 0.3) is 0 Å². The lowest BCUT2D eigenvalue weighted by atomic mass is 10.0. The van der Waals surface area contributed by atoms with Crippen molar-refractivity contribution in [3.05, 3.63) is 0 Å². The van der Waals surface area contributed by atoms with Crippen molar-refractivity contribution in [2.75, 3.05) is 6.61 Å². The monoisotopic (exact) mass is 175 g/mol. The van der Waals surface area contributed by atoms with E-state index in [2.05, 4.69) is 5.32 Å². The highest BCUT2D eigenvalue weighted by Gasteiger charge is 2.18. The molecule has 5 nitrogen and oxygen atoms in total. The summed E-state index contributed by atoms with van der Waals surface area (Å²) < 4.78 is 0. The number of aliphatic hydroxyl groups excluding tert-OH is 1. The molecule has 0 heterocycles. The second kappa shape index (κ2) is 5.54. The van der Waals surface area contributed by atoms with Crippen molar-refractivity contribution in [1.29, 1.82) is 0 Å². The molecule has 0 saturated carbocycles. The third-order valence-corrected chi connectivity index (χ3v) is 1.52. The average molecular weight is 175 g/mol.